The smallest absolute Gasteiger partial charge is 0.339 e. The molecule has 1 aromatic rings. The molecule has 2 rings (SSSR count). The van der Waals surface area contributed by atoms with Crippen molar-refractivity contribution in [3.05, 3.63) is 28.8 Å². The first-order chi connectivity index (χ1) is 11.9. The fourth-order valence-electron chi connectivity index (χ4n) is 2.70. The fourth-order valence-corrected chi connectivity index (χ4v) is 4.61. The fraction of sp³-hybridized carbons (Fsp3) is 0.562. The number of methoxy groups -OCH3 is 1. The highest BCUT2D eigenvalue weighted by atomic mass is 35.5. The molecule has 1 aliphatic rings. The molecular formula is C16H23ClN2O5S. The van der Waals surface area contributed by atoms with Crippen molar-refractivity contribution in [2.45, 2.75) is 30.3 Å². The maximum Gasteiger partial charge on any atom is 0.339 e. The molecule has 0 bridgehead atoms. The lowest BCUT2D eigenvalue weighted by atomic mass is 10.1. The van der Waals surface area contributed by atoms with Crippen molar-refractivity contribution < 1.29 is 22.7 Å². The van der Waals surface area contributed by atoms with E-state index in [4.69, 9.17) is 22.1 Å². The number of hydrogen-bond acceptors (Lipinski definition) is 6. The molecule has 0 radical (unpaired) electrons. The Bertz CT molecular complexity index is 702. The van der Waals surface area contributed by atoms with E-state index in [1.54, 1.807) is 0 Å². The Kier molecular flexibility index (Phi) is 7.21. The van der Waals surface area contributed by atoms with Crippen LogP contribution in [0.4, 0.5) is 0 Å². The third-order valence-corrected chi connectivity index (χ3v) is 6.24. The van der Waals surface area contributed by atoms with Crippen LogP contribution in [0.2, 0.25) is 5.02 Å². The minimum atomic E-state index is -3.85. The summed E-state index contributed by atoms with van der Waals surface area (Å²) in [6.07, 6.45) is 2.00. The van der Waals surface area contributed by atoms with Gasteiger partial charge in [-0.25, -0.2) is 13.2 Å². The van der Waals surface area contributed by atoms with E-state index in [2.05, 4.69) is 4.74 Å². The molecule has 1 aromatic carbocycles. The molecule has 0 aromatic heterocycles. The molecule has 0 amide bonds. The van der Waals surface area contributed by atoms with Crippen molar-refractivity contribution in [3.8, 4) is 0 Å². The zero-order valence-corrected chi connectivity index (χ0v) is 15.7. The SMILES string of the molecule is COC(=O)c1ccc(Cl)cc1S(=O)(=O)N1CCC(OCCCN)CC1. The first-order valence-electron chi connectivity index (χ1n) is 8.10. The van der Waals surface area contributed by atoms with Gasteiger partial charge in [-0.05, 0) is 44.0 Å². The Morgan fingerprint density at radius 2 is 2.04 bits per heavy atom. The zero-order valence-electron chi connectivity index (χ0n) is 14.1. The number of halogens is 1. The van der Waals surface area contributed by atoms with Crippen molar-refractivity contribution >= 4 is 27.6 Å². The van der Waals surface area contributed by atoms with E-state index < -0.39 is 16.0 Å². The van der Waals surface area contributed by atoms with Crippen LogP contribution in [0.25, 0.3) is 0 Å². The molecule has 1 saturated heterocycles. The summed E-state index contributed by atoms with van der Waals surface area (Å²) in [5, 5.41) is 0.242. The molecule has 0 atom stereocenters. The summed E-state index contributed by atoms with van der Waals surface area (Å²) in [6, 6.07) is 4.11. The summed E-state index contributed by atoms with van der Waals surface area (Å²) < 4.78 is 37.6. The molecule has 140 valence electrons. The van der Waals surface area contributed by atoms with E-state index in [0.717, 1.165) is 6.42 Å². The van der Waals surface area contributed by atoms with Crippen LogP contribution in [0.15, 0.2) is 23.1 Å². The Labute approximate surface area is 153 Å². The highest BCUT2D eigenvalue weighted by Crippen LogP contribution is 2.27. The number of esters is 1. The summed E-state index contributed by atoms with van der Waals surface area (Å²) in [4.78, 5) is 11.8. The maximum atomic E-state index is 12.9. The summed E-state index contributed by atoms with van der Waals surface area (Å²) in [6.45, 7) is 1.79. The normalized spacial score (nSPS) is 16.8. The lowest BCUT2D eigenvalue weighted by Crippen LogP contribution is -2.41. The molecule has 0 spiro atoms. The van der Waals surface area contributed by atoms with Gasteiger partial charge in [0.05, 0.1) is 23.7 Å². The number of rotatable bonds is 7. The molecule has 0 aliphatic carbocycles. The minimum absolute atomic E-state index is 0.0202. The summed E-state index contributed by atoms with van der Waals surface area (Å²) >= 11 is 5.94. The van der Waals surface area contributed by atoms with E-state index in [-0.39, 0.29) is 21.6 Å². The van der Waals surface area contributed by atoms with Crippen LogP contribution in [0, 0.1) is 0 Å². The van der Waals surface area contributed by atoms with Gasteiger partial charge in [0.25, 0.3) is 0 Å². The number of nitrogens with zero attached hydrogens (tertiary/aromatic N) is 1. The first-order valence-corrected chi connectivity index (χ1v) is 9.91. The lowest BCUT2D eigenvalue weighted by Gasteiger charge is -2.31. The van der Waals surface area contributed by atoms with Crippen molar-refractivity contribution in [2.75, 3.05) is 33.4 Å². The Morgan fingerprint density at radius 1 is 1.36 bits per heavy atom. The van der Waals surface area contributed by atoms with Gasteiger partial charge in [0, 0.05) is 24.7 Å². The van der Waals surface area contributed by atoms with Crippen LogP contribution >= 0.6 is 11.6 Å². The molecule has 0 unspecified atom stereocenters. The number of benzene rings is 1. The second-order valence-electron chi connectivity index (χ2n) is 5.75. The monoisotopic (exact) mass is 390 g/mol. The summed E-state index contributed by atoms with van der Waals surface area (Å²) in [5.74, 6) is -0.713. The zero-order chi connectivity index (χ0) is 18.4. The number of carbonyl (C=O) groups is 1. The first kappa shape index (κ1) is 20.1. The average molecular weight is 391 g/mol. The third kappa shape index (κ3) is 4.92. The molecule has 2 N–H and O–H groups in total. The molecule has 7 nitrogen and oxygen atoms in total. The maximum absolute atomic E-state index is 12.9. The van der Waals surface area contributed by atoms with Gasteiger partial charge in [-0.3, -0.25) is 0 Å². The van der Waals surface area contributed by atoms with E-state index >= 15 is 0 Å². The standard InChI is InChI=1S/C16H23ClN2O5S/c1-23-16(20)14-4-3-12(17)11-15(14)25(21,22)19-8-5-13(6-9-19)24-10-2-7-18/h3-4,11,13H,2,5-10,18H2,1H3. The quantitative estimate of drug-likeness (QED) is 0.561. The van der Waals surface area contributed by atoms with E-state index in [1.807, 2.05) is 0 Å². The van der Waals surface area contributed by atoms with Crippen molar-refractivity contribution in [1.29, 1.82) is 0 Å². The molecule has 0 saturated carbocycles. The van der Waals surface area contributed by atoms with Crippen molar-refractivity contribution in [1.82, 2.24) is 4.31 Å². The van der Waals surface area contributed by atoms with Crippen LogP contribution in [0.3, 0.4) is 0 Å². The van der Waals surface area contributed by atoms with Crippen LogP contribution in [-0.4, -0.2) is 58.1 Å². The van der Waals surface area contributed by atoms with Gasteiger partial charge in [-0.1, -0.05) is 11.6 Å². The molecule has 9 heteroatoms. The molecule has 1 fully saturated rings. The number of ether oxygens (including phenoxy) is 2. The van der Waals surface area contributed by atoms with Gasteiger partial charge < -0.3 is 15.2 Å². The second kappa shape index (κ2) is 8.95. The molecular weight excluding hydrogens is 368 g/mol. The highest BCUT2D eigenvalue weighted by molar-refractivity contribution is 7.89. The molecule has 1 heterocycles. The third-order valence-electron chi connectivity index (χ3n) is 4.07. The van der Waals surface area contributed by atoms with E-state index in [9.17, 15) is 13.2 Å². The van der Waals surface area contributed by atoms with Gasteiger partial charge in [0.15, 0.2) is 0 Å². The predicted octanol–water partition coefficient (Wildman–Crippen LogP) is 1.65. The number of sulfonamides is 1. The summed E-state index contributed by atoms with van der Waals surface area (Å²) in [5.41, 5.74) is 5.41. The van der Waals surface area contributed by atoms with Crippen LogP contribution in [-0.2, 0) is 19.5 Å². The van der Waals surface area contributed by atoms with Gasteiger partial charge in [0.1, 0.15) is 0 Å². The Morgan fingerprint density at radius 3 is 2.64 bits per heavy atom. The van der Waals surface area contributed by atoms with Crippen LogP contribution in [0.5, 0.6) is 0 Å². The topological polar surface area (TPSA) is 98.9 Å². The number of piperidine rings is 1. The van der Waals surface area contributed by atoms with Gasteiger partial charge >= 0.3 is 5.97 Å². The summed E-state index contributed by atoms with van der Waals surface area (Å²) in [7, 11) is -2.64. The number of hydrogen-bond donors (Lipinski definition) is 1. The van der Waals surface area contributed by atoms with E-state index in [1.165, 1.54) is 29.6 Å². The molecule has 25 heavy (non-hydrogen) atoms. The number of nitrogens with two attached hydrogens (primary N) is 1. The number of carbonyl (C=O) groups excluding carboxylic acids is 1. The molecule has 1 aliphatic heterocycles. The largest absolute Gasteiger partial charge is 0.465 e. The Balaban J connectivity index is 2.15. The predicted molar refractivity (Wildman–Crippen MR) is 94.2 cm³/mol. The highest BCUT2D eigenvalue weighted by Gasteiger charge is 2.33. The van der Waals surface area contributed by atoms with Crippen LogP contribution < -0.4 is 5.73 Å². The van der Waals surface area contributed by atoms with Gasteiger partial charge in [-0.2, -0.15) is 4.31 Å². The van der Waals surface area contributed by atoms with E-state index in [0.29, 0.717) is 39.1 Å². The van der Waals surface area contributed by atoms with Crippen LogP contribution in [0.1, 0.15) is 29.6 Å². The van der Waals surface area contributed by atoms with Crippen molar-refractivity contribution in [2.24, 2.45) is 5.73 Å². The second-order valence-corrected chi connectivity index (χ2v) is 8.09. The minimum Gasteiger partial charge on any atom is -0.465 e. The van der Waals surface area contributed by atoms with Gasteiger partial charge in [0.2, 0.25) is 10.0 Å². The van der Waals surface area contributed by atoms with Gasteiger partial charge in [-0.15, -0.1) is 0 Å². The Hall–Kier alpha value is -1.19. The lowest BCUT2D eigenvalue weighted by molar-refractivity contribution is 0.0208. The average Bonchev–Trinajstić information content (AvgIpc) is 2.61. The van der Waals surface area contributed by atoms with Crippen molar-refractivity contribution in [3.63, 3.8) is 0 Å².